The number of nitrogens with zero attached hydrogens (tertiary/aromatic N) is 3. The minimum Gasteiger partial charge on any atom is -0.325 e. The highest BCUT2D eigenvalue weighted by Gasteiger charge is 2.14. The zero-order valence-electron chi connectivity index (χ0n) is 16.0. The van der Waals surface area contributed by atoms with E-state index in [4.69, 9.17) is 0 Å². The lowest BCUT2D eigenvalue weighted by Gasteiger charge is -2.08. The van der Waals surface area contributed by atoms with Gasteiger partial charge in [-0.3, -0.25) is 4.79 Å². The van der Waals surface area contributed by atoms with Gasteiger partial charge >= 0.3 is 0 Å². The van der Waals surface area contributed by atoms with Crippen LogP contribution in [-0.4, -0.2) is 26.4 Å². The van der Waals surface area contributed by atoms with E-state index in [0.717, 1.165) is 10.7 Å². The summed E-state index contributed by atoms with van der Waals surface area (Å²) in [6, 6.07) is 14.0. The molecule has 1 N–H and O–H groups in total. The third-order valence-corrected chi connectivity index (χ3v) is 5.93. The van der Waals surface area contributed by atoms with Crippen LogP contribution in [0, 0.1) is 12.7 Å². The van der Waals surface area contributed by atoms with Crippen molar-refractivity contribution in [2.24, 2.45) is 0 Å². The van der Waals surface area contributed by atoms with Crippen LogP contribution in [0.25, 0.3) is 0 Å². The molecule has 0 aliphatic rings. The van der Waals surface area contributed by atoms with Gasteiger partial charge in [-0.2, -0.15) is 0 Å². The highest BCUT2D eigenvalue weighted by molar-refractivity contribution is 7.99. The van der Waals surface area contributed by atoms with Crippen LogP contribution in [0.3, 0.4) is 0 Å². The maximum absolute atomic E-state index is 13.0. The van der Waals surface area contributed by atoms with E-state index in [1.54, 1.807) is 17.8 Å². The molecule has 3 aromatic rings. The Hall–Kier alpha value is -2.58. The molecular formula is C21H21FN4OS2. The second-order valence-corrected chi connectivity index (χ2v) is 8.23. The van der Waals surface area contributed by atoms with Crippen LogP contribution < -0.4 is 5.32 Å². The normalized spacial score (nSPS) is 10.7. The molecule has 0 saturated carbocycles. The highest BCUT2D eigenvalue weighted by atomic mass is 32.2. The molecule has 0 spiro atoms. The van der Waals surface area contributed by atoms with Crippen LogP contribution in [-0.2, 0) is 17.1 Å². The Kier molecular flexibility index (Phi) is 7.48. The van der Waals surface area contributed by atoms with Crippen molar-refractivity contribution in [1.29, 1.82) is 0 Å². The zero-order chi connectivity index (χ0) is 20.6. The van der Waals surface area contributed by atoms with E-state index in [9.17, 15) is 9.18 Å². The van der Waals surface area contributed by atoms with Gasteiger partial charge in [-0.1, -0.05) is 35.5 Å². The number of carbonyl (C=O) groups is 1. The standard InChI is InChI=1S/C21H21FN4OS2/c1-3-12-26-19(13-28-18-10-4-15(2)5-11-18)24-25-21(26)29-14-20(27)23-17-8-6-16(22)7-9-17/h3-11H,1,12-14H2,2H3,(H,23,27). The molecule has 1 aromatic heterocycles. The Morgan fingerprint density at radius 1 is 1.14 bits per heavy atom. The van der Waals surface area contributed by atoms with Crippen LogP contribution >= 0.6 is 23.5 Å². The summed E-state index contributed by atoms with van der Waals surface area (Å²) < 4.78 is 14.9. The van der Waals surface area contributed by atoms with Gasteiger partial charge in [-0.05, 0) is 43.3 Å². The molecule has 0 fully saturated rings. The molecule has 0 atom stereocenters. The summed E-state index contributed by atoms with van der Waals surface area (Å²) >= 11 is 2.99. The molecule has 8 heteroatoms. The molecule has 0 aliphatic carbocycles. The van der Waals surface area contributed by atoms with Gasteiger partial charge in [0, 0.05) is 17.1 Å². The van der Waals surface area contributed by atoms with Gasteiger partial charge in [0.25, 0.3) is 0 Å². The number of aromatic nitrogens is 3. The molecule has 29 heavy (non-hydrogen) atoms. The summed E-state index contributed by atoms with van der Waals surface area (Å²) in [5, 5.41) is 11.9. The summed E-state index contributed by atoms with van der Waals surface area (Å²) in [5.41, 5.74) is 1.78. The third-order valence-electron chi connectivity index (χ3n) is 3.95. The average molecular weight is 429 g/mol. The lowest BCUT2D eigenvalue weighted by molar-refractivity contribution is -0.113. The van der Waals surface area contributed by atoms with Crippen molar-refractivity contribution in [3.05, 3.63) is 78.4 Å². The average Bonchev–Trinajstić information content (AvgIpc) is 3.10. The Labute approximate surface area is 177 Å². The number of hydrogen-bond donors (Lipinski definition) is 1. The number of thioether (sulfide) groups is 2. The highest BCUT2D eigenvalue weighted by Crippen LogP contribution is 2.25. The van der Waals surface area contributed by atoms with Gasteiger partial charge < -0.3 is 9.88 Å². The van der Waals surface area contributed by atoms with E-state index >= 15 is 0 Å². The first-order valence-corrected chi connectivity index (χ1v) is 10.9. The van der Waals surface area contributed by atoms with Gasteiger partial charge in [-0.15, -0.1) is 28.5 Å². The minimum absolute atomic E-state index is 0.178. The number of halogens is 1. The fourth-order valence-electron chi connectivity index (χ4n) is 2.49. The quantitative estimate of drug-likeness (QED) is 0.387. The number of aryl methyl sites for hydroxylation is 1. The molecule has 1 heterocycles. The number of anilines is 1. The molecule has 0 aliphatic heterocycles. The van der Waals surface area contributed by atoms with Crippen LogP contribution in [0.15, 0.2) is 71.2 Å². The fraction of sp³-hybridized carbons (Fsp3) is 0.190. The molecule has 5 nitrogen and oxygen atoms in total. The van der Waals surface area contributed by atoms with Gasteiger partial charge in [-0.25, -0.2) is 4.39 Å². The van der Waals surface area contributed by atoms with E-state index in [1.807, 2.05) is 4.57 Å². The number of benzene rings is 2. The van der Waals surface area contributed by atoms with E-state index in [0.29, 0.717) is 23.1 Å². The van der Waals surface area contributed by atoms with Gasteiger partial charge in [0.05, 0.1) is 11.5 Å². The Morgan fingerprint density at radius 2 is 1.86 bits per heavy atom. The van der Waals surface area contributed by atoms with E-state index in [-0.39, 0.29) is 17.5 Å². The fourth-order valence-corrected chi connectivity index (χ4v) is 4.09. The predicted molar refractivity (Wildman–Crippen MR) is 117 cm³/mol. The summed E-state index contributed by atoms with van der Waals surface area (Å²) in [6.45, 7) is 6.43. The largest absolute Gasteiger partial charge is 0.325 e. The molecule has 0 bridgehead atoms. The zero-order valence-corrected chi connectivity index (χ0v) is 17.6. The van der Waals surface area contributed by atoms with Gasteiger partial charge in [0.1, 0.15) is 11.6 Å². The first-order valence-electron chi connectivity index (χ1n) is 8.96. The second kappa shape index (κ2) is 10.3. The van der Waals surface area contributed by atoms with Crippen LogP contribution in [0.4, 0.5) is 10.1 Å². The second-order valence-electron chi connectivity index (χ2n) is 6.24. The molecule has 0 saturated heterocycles. The SMILES string of the molecule is C=CCn1c(CSc2ccc(C)cc2)nnc1SCC(=O)Nc1ccc(F)cc1. The van der Waals surface area contributed by atoms with Gasteiger partial charge in [0.2, 0.25) is 5.91 Å². The van der Waals surface area contributed by atoms with Gasteiger partial charge in [0.15, 0.2) is 5.16 Å². The van der Waals surface area contributed by atoms with Crippen LogP contribution in [0.1, 0.15) is 11.4 Å². The van der Waals surface area contributed by atoms with Crippen molar-refractivity contribution in [2.75, 3.05) is 11.1 Å². The van der Waals surface area contributed by atoms with E-state index < -0.39 is 0 Å². The number of rotatable bonds is 9. The Balaban J connectivity index is 1.59. The molecule has 2 aromatic carbocycles. The number of nitrogens with one attached hydrogen (secondary N) is 1. The van der Waals surface area contributed by atoms with Crippen molar-refractivity contribution < 1.29 is 9.18 Å². The number of carbonyl (C=O) groups excluding carboxylic acids is 1. The van der Waals surface area contributed by atoms with Crippen molar-refractivity contribution in [1.82, 2.24) is 14.8 Å². The van der Waals surface area contributed by atoms with E-state index in [2.05, 4.69) is 53.3 Å². The monoisotopic (exact) mass is 428 g/mol. The Morgan fingerprint density at radius 3 is 2.55 bits per heavy atom. The van der Waals surface area contributed by atoms with Crippen molar-refractivity contribution in [3.8, 4) is 0 Å². The molecule has 1 amide bonds. The number of amides is 1. The first kappa shape index (κ1) is 21.1. The lowest BCUT2D eigenvalue weighted by Crippen LogP contribution is -2.14. The maximum atomic E-state index is 13.0. The first-order chi connectivity index (χ1) is 14.0. The lowest BCUT2D eigenvalue weighted by atomic mass is 10.2. The van der Waals surface area contributed by atoms with Crippen molar-refractivity contribution in [2.45, 2.75) is 29.3 Å². The van der Waals surface area contributed by atoms with Crippen LogP contribution in [0.2, 0.25) is 0 Å². The summed E-state index contributed by atoms with van der Waals surface area (Å²) in [7, 11) is 0. The topological polar surface area (TPSA) is 59.8 Å². The summed E-state index contributed by atoms with van der Waals surface area (Å²) in [5.74, 6) is 1.15. The molecule has 3 rings (SSSR count). The molecule has 0 unspecified atom stereocenters. The molecule has 150 valence electrons. The summed E-state index contributed by atoms with van der Waals surface area (Å²) in [4.78, 5) is 13.3. The maximum Gasteiger partial charge on any atom is 0.234 e. The predicted octanol–water partition coefficient (Wildman–Crippen LogP) is 4.93. The minimum atomic E-state index is -0.342. The molecular weight excluding hydrogens is 407 g/mol. The van der Waals surface area contributed by atoms with Crippen molar-refractivity contribution >= 4 is 35.1 Å². The Bertz CT molecular complexity index is 971. The number of hydrogen-bond acceptors (Lipinski definition) is 5. The van der Waals surface area contributed by atoms with Crippen molar-refractivity contribution in [3.63, 3.8) is 0 Å². The smallest absolute Gasteiger partial charge is 0.234 e. The summed E-state index contributed by atoms with van der Waals surface area (Å²) in [6.07, 6.45) is 1.78. The van der Waals surface area contributed by atoms with Crippen LogP contribution in [0.5, 0.6) is 0 Å². The third kappa shape index (κ3) is 6.20. The molecule has 0 radical (unpaired) electrons. The van der Waals surface area contributed by atoms with E-state index in [1.165, 1.54) is 41.6 Å². The number of allylic oxidation sites excluding steroid dienone is 1.